The molecule has 0 aliphatic carbocycles. The van der Waals surface area contributed by atoms with Crippen LogP contribution in [0.3, 0.4) is 0 Å². The number of hydrogen-bond acceptors (Lipinski definition) is 3. The molecule has 5 heteroatoms. The van der Waals surface area contributed by atoms with Crippen LogP contribution in [0.15, 0.2) is 24.3 Å². The number of anilines is 2. The minimum atomic E-state index is -0.477. The van der Waals surface area contributed by atoms with E-state index in [9.17, 15) is 9.59 Å². The van der Waals surface area contributed by atoms with Crippen LogP contribution in [0.5, 0.6) is 0 Å². The third-order valence-corrected chi connectivity index (χ3v) is 2.68. The van der Waals surface area contributed by atoms with E-state index in [1.54, 1.807) is 24.3 Å². The number of benzene rings is 1. The van der Waals surface area contributed by atoms with Gasteiger partial charge >= 0.3 is 0 Å². The van der Waals surface area contributed by atoms with E-state index in [4.69, 9.17) is 5.73 Å². The van der Waals surface area contributed by atoms with Crippen molar-refractivity contribution in [3.05, 3.63) is 24.3 Å². The zero-order valence-electron chi connectivity index (χ0n) is 11.4. The van der Waals surface area contributed by atoms with E-state index in [1.807, 2.05) is 0 Å². The van der Waals surface area contributed by atoms with Crippen LogP contribution in [0.25, 0.3) is 0 Å². The summed E-state index contributed by atoms with van der Waals surface area (Å²) in [6.45, 7) is 3.51. The molecular formula is C14H21N3O2. The van der Waals surface area contributed by atoms with Crippen molar-refractivity contribution >= 4 is 23.2 Å². The number of amides is 2. The molecule has 0 aliphatic rings. The molecule has 0 saturated heterocycles. The lowest BCUT2D eigenvalue weighted by atomic mass is 10.1. The second kappa shape index (κ2) is 7.53. The highest BCUT2D eigenvalue weighted by Crippen LogP contribution is 2.14. The molecule has 1 aromatic rings. The first-order chi connectivity index (χ1) is 9.02. The molecule has 1 atom stereocenters. The molecule has 0 fully saturated rings. The highest BCUT2D eigenvalue weighted by Gasteiger charge is 2.12. The standard InChI is InChI=1S/C14H21N3O2/c1-3-4-5-13(15)14(19)17-12-8-6-11(7-9-12)16-10(2)18/h6-9,13H,3-5,15H2,1-2H3,(H,16,18)(H,17,19)/t13-/m0/s1. The van der Waals surface area contributed by atoms with Crippen molar-refractivity contribution in [2.45, 2.75) is 39.2 Å². The number of rotatable bonds is 6. The van der Waals surface area contributed by atoms with Crippen molar-refractivity contribution in [3.8, 4) is 0 Å². The fourth-order valence-corrected chi connectivity index (χ4v) is 1.63. The number of carbonyl (C=O) groups excluding carboxylic acids is 2. The van der Waals surface area contributed by atoms with Gasteiger partial charge in [0, 0.05) is 18.3 Å². The molecule has 2 amide bonds. The van der Waals surface area contributed by atoms with E-state index >= 15 is 0 Å². The Bertz CT molecular complexity index is 429. The Kier molecular flexibility index (Phi) is 6.02. The summed E-state index contributed by atoms with van der Waals surface area (Å²) < 4.78 is 0. The monoisotopic (exact) mass is 263 g/mol. The highest BCUT2D eigenvalue weighted by atomic mass is 16.2. The molecule has 0 spiro atoms. The van der Waals surface area contributed by atoms with Crippen molar-refractivity contribution in [3.63, 3.8) is 0 Å². The second-order valence-electron chi connectivity index (χ2n) is 4.50. The van der Waals surface area contributed by atoms with Crippen LogP contribution >= 0.6 is 0 Å². The molecule has 19 heavy (non-hydrogen) atoms. The lowest BCUT2D eigenvalue weighted by Gasteiger charge is -2.12. The Labute approximate surface area is 113 Å². The number of carbonyl (C=O) groups is 2. The predicted molar refractivity (Wildman–Crippen MR) is 76.9 cm³/mol. The van der Waals surface area contributed by atoms with Gasteiger partial charge in [-0.1, -0.05) is 19.8 Å². The minimum Gasteiger partial charge on any atom is -0.326 e. The fraction of sp³-hybridized carbons (Fsp3) is 0.429. The van der Waals surface area contributed by atoms with Crippen molar-refractivity contribution < 1.29 is 9.59 Å². The molecule has 0 radical (unpaired) electrons. The molecule has 4 N–H and O–H groups in total. The van der Waals surface area contributed by atoms with Crippen LogP contribution in [-0.4, -0.2) is 17.9 Å². The van der Waals surface area contributed by atoms with Crippen LogP contribution in [-0.2, 0) is 9.59 Å². The molecule has 0 unspecified atom stereocenters. The summed E-state index contributed by atoms with van der Waals surface area (Å²) in [5.41, 5.74) is 7.15. The molecule has 0 heterocycles. The summed E-state index contributed by atoms with van der Waals surface area (Å²) in [6, 6.07) is 6.45. The third-order valence-electron chi connectivity index (χ3n) is 2.68. The summed E-state index contributed by atoms with van der Waals surface area (Å²) in [5.74, 6) is -0.306. The van der Waals surface area contributed by atoms with Crippen LogP contribution in [0.4, 0.5) is 11.4 Å². The molecular weight excluding hydrogens is 242 g/mol. The number of unbranched alkanes of at least 4 members (excludes halogenated alkanes) is 1. The molecule has 104 valence electrons. The highest BCUT2D eigenvalue weighted by molar-refractivity contribution is 5.95. The summed E-state index contributed by atoms with van der Waals surface area (Å²) >= 11 is 0. The fourth-order valence-electron chi connectivity index (χ4n) is 1.63. The first-order valence-corrected chi connectivity index (χ1v) is 6.47. The van der Waals surface area contributed by atoms with Crippen molar-refractivity contribution in [1.82, 2.24) is 0 Å². The van der Waals surface area contributed by atoms with Gasteiger partial charge in [0.25, 0.3) is 0 Å². The Balaban J connectivity index is 2.52. The molecule has 0 saturated carbocycles. The van der Waals surface area contributed by atoms with E-state index in [2.05, 4.69) is 17.6 Å². The average Bonchev–Trinajstić information content (AvgIpc) is 2.37. The van der Waals surface area contributed by atoms with Crippen molar-refractivity contribution in [2.24, 2.45) is 5.73 Å². The van der Waals surface area contributed by atoms with E-state index < -0.39 is 6.04 Å². The van der Waals surface area contributed by atoms with Gasteiger partial charge in [-0.05, 0) is 30.7 Å². The average molecular weight is 263 g/mol. The van der Waals surface area contributed by atoms with Gasteiger partial charge < -0.3 is 16.4 Å². The van der Waals surface area contributed by atoms with E-state index in [1.165, 1.54) is 6.92 Å². The van der Waals surface area contributed by atoms with Crippen molar-refractivity contribution in [2.75, 3.05) is 10.6 Å². The van der Waals surface area contributed by atoms with Gasteiger partial charge in [-0.15, -0.1) is 0 Å². The normalized spacial score (nSPS) is 11.7. The van der Waals surface area contributed by atoms with Crippen LogP contribution in [0.2, 0.25) is 0 Å². The first kappa shape index (κ1) is 15.2. The maximum atomic E-state index is 11.8. The predicted octanol–water partition coefficient (Wildman–Crippen LogP) is 2.10. The topological polar surface area (TPSA) is 84.2 Å². The number of hydrogen-bond donors (Lipinski definition) is 3. The lowest BCUT2D eigenvalue weighted by molar-refractivity contribution is -0.117. The summed E-state index contributed by atoms with van der Waals surface area (Å²) in [5, 5.41) is 5.41. The van der Waals surface area contributed by atoms with Crippen LogP contribution in [0, 0.1) is 0 Å². The number of nitrogens with two attached hydrogens (primary N) is 1. The minimum absolute atomic E-state index is 0.127. The van der Waals surface area contributed by atoms with E-state index in [-0.39, 0.29) is 11.8 Å². The Morgan fingerprint density at radius 2 is 1.68 bits per heavy atom. The molecule has 1 rings (SSSR count). The lowest BCUT2D eigenvalue weighted by Crippen LogP contribution is -2.35. The van der Waals surface area contributed by atoms with Gasteiger partial charge in [0.15, 0.2) is 0 Å². The van der Waals surface area contributed by atoms with Gasteiger partial charge in [-0.3, -0.25) is 9.59 Å². The maximum absolute atomic E-state index is 11.8. The zero-order valence-corrected chi connectivity index (χ0v) is 11.4. The van der Waals surface area contributed by atoms with Crippen molar-refractivity contribution in [1.29, 1.82) is 0 Å². The van der Waals surface area contributed by atoms with Gasteiger partial charge in [0.2, 0.25) is 11.8 Å². The second-order valence-corrected chi connectivity index (χ2v) is 4.50. The Hall–Kier alpha value is -1.88. The van der Waals surface area contributed by atoms with Gasteiger partial charge in [-0.25, -0.2) is 0 Å². The number of nitrogens with one attached hydrogen (secondary N) is 2. The Morgan fingerprint density at radius 3 is 2.16 bits per heavy atom. The quantitative estimate of drug-likeness (QED) is 0.734. The van der Waals surface area contributed by atoms with Crippen LogP contribution in [0.1, 0.15) is 33.1 Å². The Morgan fingerprint density at radius 1 is 1.16 bits per heavy atom. The largest absolute Gasteiger partial charge is 0.326 e. The van der Waals surface area contributed by atoms with Gasteiger partial charge in [0.05, 0.1) is 6.04 Å². The molecule has 0 bridgehead atoms. The molecule has 0 aromatic heterocycles. The van der Waals surface area contributed by atoms with Crippen LogP contribution < -0.4 is 16.4 Å². The summed E-state index contributed by atoms with van der Waals surface area (Å²) in [6.07, 6.45) is 2.65. The van der Waals surface area contributed by atoms with E-state index in [0.717, 1.165) is 12.8 Å². The smallest absolute Gasteiger partial charge is 0.241 e. The summed E-state index contributed by atoms with van der Waals surface area (Å²) in [4.78, 5) is 22.6. The zero-order chi connectivity index (χ0) is 14.3. The molecule has 5 nitrogen and oxygen atoms in total. The molecule has 0 aliphatic heterocycles. The molecule has 1 aromatic carbocycles. The van der Waals surface area contributed by atoms with Gasteiger partial charge in [0.1, 0.15) is 0 Å². The summed E-state index contributed by atoms with van der Waals surface area (Å²) in [7, 11) is 0. The van der Waals surface area contributed by atoms with E-state index in [0.29, 0.717) is 17.8 Å². The van der Waals surface area contributed by atoms with Gasteiger partial charge in [-0.2, -0.15) is 0 Å². The SMILES string of the molecule is CCCC[C@H](N)C(=O)Nc1ccc(NC(C)=O)cc1. The third kappa shape index (κ3) is 5.52. The maximum Gasteiger partial charge on any atom is 0.241 e. The first-order valence-electron chi connectivity index (χ1n) is 6.47.